The molecule has 2 aliphatic rings. The Bertz CT molecular complexity index is 726. The van der Waals surface area contributed by atoms with Gasteiger partial charge in [-0.1, -0.05) is 13.3 Å². The molecule has 1 heterocycles. The van der Waals surface area contributed by atoms with Crippen molar-refractivity contribution >= 4 is 16.0 Å². The summed E-state index contributed by atoms with van der Waals surface area (Å²) in [5, 5.41) is 0. The second-order valence-electron chi connectivity index (χ2n) is 7.46. The van der Waals surface area contributed by atoms with Crippen LogP contribution in [0, 0.1) is 17.7 Å². The Labute approximate surface area is 154 Å². The molecular formula is C19H26FNO4S. The van der Waals surface area contributed by atoms with E-state index in [1.165, 1.54) is 22.9 Å². The number of esters is 1. The van der Waals surface area contributed by atoms with Gasteiger partial charge in [-0.3, -0.25) is 4.79 Å². The zero-order valence-corrected chi connectivity index (χ0v) is 15.9. The standard InChI is InChI=1S/C19H26FNO4S/c1-14-3-2-4-17(13-14)25-19(22)15-9-11-21(12-10-15)26(23,24)18-7-5-16(20)6-8-18/h5-8,14-15,17H,2-4,9-13H2,1H3. The lowest BCUT2D eigenvalue weighted by molar-refractivity contribution is -0.157. The third-order valence-corrected chi connectivity index (χ3v) is 7.32. The molecule has 3 rings (SSSR count). The highest BCUT2D eigenvalue weighted by Crippen LogP contribution is 2.29. The summed E-state index contributed by atoms with van der Waals surface area (Å²) in [6.07, 6.45) is 5.05. The van der Waals surface area contributed by atoms with Crippen LogP contribution in [0.5, 0.6) is 0 Å². The predicted molar refractivity (Wildman–Crippen MR) is 95.4 cm³/mol. The topological polar surface area (TPSA) is 63.7 Å². The van der Waals surface area contributed by atoms with Crippen LogP contribution < -0.4 is 0 Å². The van der Waals surface area contributed by atoms with Gasteiger partial charge in [-0.15, -0.1) is 0 Å². The van der Waals surface area contributed by atoms with Crippen molar-refractivity contribution in [3.63, 3.8) is 0 Å². The SMILES string of the molecule is CC1CCCC(OC(=O)C2CCN(S(=O)(=O)c3ccc(F)cc3)CC2)C1. The highest BCUT2D eigenvalue weighted by atomic mass is 32.2. The van der Waals surface area contributed by atoms with E-state index >= 15 is 0 Å². The maximum Gasteiger partial charge on any atom is 0.309 e. The van der Waals surface area contributed by atoms with Gasteiger partial charge in [0, 0.05) is 13.1 Å². The number of sulfonamides is 1. The minimum absolute atomic E-state index is 0.00669. The average molecular weight is 383 g/mol. The third-order valence-electron chi connectivity index (χ3n) is 5.41. The lowest BCUT2D eigenvalue weighted by atomic mass is 9.88. The van der Waals surface area contributed by atoms with Gasteiger partial charge >= 0.3 is 5.97 Å². The van der Waals surface area contributed by atoms with Crippen molar-refractivity contribution in [2.24, 2.45) is 11.8 Å². The lowest BCUT2D eigenvalue weighted by Crippen LogP contribution is -2.41. The lowest BCUT2D eigenvalue weighted by Gasteiger charge is -2.32. The maximum absolute atomic E-state index is 13.0. The monoisotopic (exact) mass is 383 g/mol. The molecule has 2 unspecified atom stereocenters. The van der Waals surface area contributed by atoms with E-state index in [1.807, 2.05) is 0 Å². The molecule has 0 aromatic heterocycles. The Morgan fingerprint density at radius 3 is 2.38 bits per heavy atom. The smallest absolute Gasteiger partial charge is 0.309 e. The zero-order chi connectivity index (χ0) is 18.7. The van der Waals surface area contributed by atoms with Crippen LogP contribution in [0.3, 0.4) is 0 Å². The molecule has 1 aromatic carbocycles. The number of hydrogen-bond donors (Lipinski definition) is 0. The van der Waals surface area contributed by atoms with Crippen molar-refractivity contribution in [1.82, 2.24) is 4.31 Å². The van der Waals surface area contributed by atoms with Crippen molar-refractivity contribution in [2.45, 2.75) is 56.4 Å². The molecule has 0 bridgehead atoms. The Morgan fingerprint density at radius 2 is 1.77 bits per heavy atom. The van der Waals surface area contributed by atoms with Crippen LogP contribution in [0.4, 0.5) is 4.39 Å². The molecule has 5 nitrogen and oxygen atoms in total. The fraction of sp³-hybridized carbons (Fsp3) is 0.632. The number of benzene rings is 1. The second-order valence-corrected chi connectivity index (χ2v) is 9.40. The molecular weight excluding hydrogens is 357 g/mol. The number of carbonyl (C=O) groups is 1. The van der Waals surface area contributed by atoms with Crippen LogP contribution in [0.25, 0.3) is 0 Å². The van der Waals surface area contributed by atoms with E-state index in [-0.39, 0.29) is 36.0 Å². The molecule has 2 fully saturated rings. The van der Waals surface area contributed by atoms with Gasteiger partial charge < -0.3 is 4.74 Å². The molecule has 0 spiro atoms. The Hall–Kier alpha value is -1.47. The molecule has 26 heavy (non-hydrogen) atoms. The first kappa shape index (κ1) is 19.3. The van der Waals surface area contributed by atoms with E-state index < -0.39 is 15.8 Å². The van der Waals surface area contributed by atoms with Gasteiger partial charge in [0.15, 0.2) is 0 Å². The second kappa shape index (κ2) is 8.05. The minimum atomic E-state index is -3.65. The predicted octanol–water partition coefficient (Wildman–Crippen LogP) is 3.35. The molecule has 1 aliphatic carbocycles. The number of rotatable bonds is 4. The van der Waals surface area contributed by atoms with Gasteiger partial charge in [-0.2, -0.15) is 4.31 Å². The van der Waals surface area contributed by atoms with Crippen molar-refractivity contribution in [2.75, 3.05) is 13.1 Å². The summed E-state index contributed by atoms with van der Waals surface area (Å²) in [4.78, 5) is 12.5. The number of hydrogen-bond acceptors (Lipinski definition) is 4. The van der Waals surface area contributed by atoms with Gasteiger partial charge in [0.25, 0.3) is 0 Å². The normalized spacial score (nSPS) is 25.8. The molecule has 1 aliphatic heterocycles. The summed E-state index contributed by atoms with van der Waals surface area (Å²) < 4.78 is 45.3. The van der Waals surface area contributed by atoms with Gasteiger partial charge in [0.2, 0.25) is 10.0 Å². The number of nitrogens with zero attached hydrogens (tertiary/aromatic N) is 1. The summed E-state index contributed by atoms with van der Waals surface area (Å²) in [5.41, 5.74) is 0. The quantitative estimate of drug-likeness (QED) is 0.748. The van der Waals surface area contributed by atoms with Crippen LogP contribution in [-0.2, 0) is 19.6 Å². The highest BCUT2D eigenvalue weighted by Gasteiger charge is 2.34. The molecule has 7 heteroatoms. The summed E-state index contributed by atoms with van der Waals surface area (Å²) >= 11 is 0. The molecule has 1 saturated heterocycles. The van der Waals surface area contributed by atoms with Crippen molar-refractivity contribution in [3.05, 3.63) is 30.1 Å². The van der Waals surface area contributed by atoms with E-state index in [4.69, 9.17) is 4.74 Å². The van der Waals surface area contributed by atoms with E-state index in [2.05, 4.69) is 6.92 Å². The van der Waals surface area contributed by atoms with Crippen molar-refractivity contribution in [3.8, 4) is 0 Å². The third kappa shape index (κ3) is 4.43. The van der Waals surface area contributed by atoms with Gasteiger partial charge in [-0.05, 0) is 62.3 Å². The van der Waals surface area contributed by atoms with Gasteiger partial charge in [0.05, 0.1) is 10.8 Å². The van der Waals surface area contributed by atoms with Crippen LogP contribution in [0.2, 0.25) is 0 Å². The van der Waals surface area contributed by atoms with E-state index in [0.717, 1.165) is 31.4 Å². The Balaban J connectivity index is 1.55. The Morgan fingerprint density at radius 1 is 1.12 bits per heavy atom. The minimum Gasteiger partial charge on any atom is -0.462 e. The van der Waals surface area contributed by atoms with Crippen LogP contribution >= 0.6 is 0 Å². The number of ether oxygens (including phenoxy) is 1. The van der Waals surface area contributed by atoms with Crippen LogP contribution in [-0.4, -0.2) is 37.9 Å². The highest BCUT2D eigenvalue weighted by molar-refractivity contribution is 7.89. The summed E-state index contributed by atoms with van der Waals surface area (Å²) in [7, 11) is -3.65. The van der Waals surface area contributed by atoms with Gasteiger partial charge in [-0.25, -0.2) is 12.8 Å². The average Bonchev–Trinajstić information content (AvgIpc) is 2.62. The van der Waals surface area contributed by atoms with Crippen molar-refractivity contribution < 1.29 is 22.3 Å². The molecule has 144 valence electrons. The van der Waals surface area contributed by atoms with E-state index in [1.54, 1.807) is 0 Å². The zero-order valence-electron chi connectivity index (χ0n) is 15.1. The van der Waals surface area contributed by atoms with Gasteiger partial charge in [0.1, 0.15) is 11.9 Å². The summed E-state index contributed by atoms with van der Waals surface area (Å²) in [6.45, 7) is 2.74. The molecule has 1 aromatic rings. The largest absolute Gasteiger partial charge is 0.462 e. The number of piperidine rings is 1. The van der Waals surface area contributed by atoms with Crippen LogP contribution in [0.1, 0.15) is 45.4 Å². The molecule has 0 radical (unpaired) electrons. The van der Waals surface area contributed by atoms with Crippen molar-refractivity contribution in [1.29, 1.82) is 0 Å². The number of halogens is 1. The van der Waals surface area contributed by atoms with Crippen LogP contribution in [0.15, 0.2) is 29.2 Å². The molecule has 2 atom stereocenters. The maximum atomic E-state index is 13.0. The fourth-order valence-corrected chi connectivity index (χ4v) is 5.30. The first-order chi connectivity index (χ1) is 12.4. The van der Waals surface area contributed by atoms with E-state index in [0.29, 0.717) is 18.8 Å². The summed E-state index contributed by atoms with van der Waals surface area (Å²) in [6, 6.07) is 4.83. The molecule has 0 N–H and O–H groups in total. The molecule has 1 saturated carbocycles. The Kier molecular flexibility index (Phi) is 5.97. The van der Waals surface area contributed by atoms with E-state index in [9.17, 15) is 17.6 Å². The summed E-state index contributed by atoms with van der Waals surface area (Å²) in [5.74, 6) is -0.318. The number of carbonyl (C=O) groups excluding carboxylic acids is 1. The fourth-order valence-electron chi connectivity index (χ4n) is 3.83. The molecule has 0 amide bonds. The first-order valence-corrected chi connectivity index (χ1v) is 10.8. The first-order valence-electron chi connectivity index (χ1n) is 9.32.